The molecule has 4 nitrogen and oxygen atoms in total. The Morgan fingerprint density at radius 1 is 1.38 bits per heavy atom. The van der Waals surface area contributed by atoms with Crippen LogP contribution in [-0.2, 0) is 0 Å². The summed E-state index contributed by atoms with van der Waals surface area (Å²) in [6.45, 7) is 0.413. The number of carbonyl (C=O) groups excluding carboxylic acids is 2. The molecule has 0 saturated heterocycles. The van der Waals surface area contributed by atoms with Crippen LogP contribution in [0.3, 0.4) is 0 Å². The highest BCUT2D eigenvalue weighted by Gasteiger charge is 2.07. The fourth-order valence-corrected chi connectivity index (χ4v) is 1.16. The first-order valence-electron chi connectivity index (χ1n) is 4.76. The Balaban J connectivity index is 2.73. The topological polar surface area (TPSA) is 72.2 Å². The quantitative estimate of drug-likeness (QED) is 0.569. The van der Waals surface area contributed by atoms with Gasteiger partial charge in [-0.3, -0.25) is 9.59 Å². The molecule has 16 heavy (non-hydrogen) atoms. The van der Waals surface area contributed by atoms with Gasteiger partial charge in [0, 0.05) is 24.1 Å². The normalized spacial score (nSPS) is 9.19. The fraction of sp³-hybridized carbons (Fsp3) is 0.167. The predicted octanol–water partition coefficient (Wildman–Crippen LogP) is 0.539. The van der Waals surface area contributed by atoms with Crippen molar-refractivity contribution in [3.63, 3.8) is 0 Å². The lowest BCUT2D eigenvalue weighted by Crippen LogP contribution is -2.24. The Kier molecular flexibility index (Phi) is 4.10. The van der Waals surface area contributed by atoms with E-state index in [-0.39, 0.29) is 5.91 Å². The van der Waals surface area contributed by atoms with E-state index in [4.69, 9.17) is 12.2 Å². The van der Waals surface area contributed by atoms with Crippen LogP contribution in [0.2, 0.25) is 0 Å². The number of terminal acetylenes is 1. The van der Waals surface area contributed by atoms with Gasteiger partial charge in [-0.05, 0) is 18.2 Å². The van der Waals surface area contributed by atoms with Crippen molar-refractivity contribution < 1.29 is 9.59 Å². The molecular weight excluding hydrogens is 204 g/mol. The molecule has 1 aromatic carbocycles. The van der Waals surface area contributed by atoms with Gasteiger partial charge < -0.3 is 11.1 Å². The minimum Gasteiger partial charge on any atom is -0.366 e. The van der Waals surface area contributed by atoms with E-state index in [9.17, 15) is 9.59 Å². The van der Waals surface area contributed by atoms with Crippen LogP contribution in [0.25, 0.3) is 0 Å². The third-order valence-electron chi connectivity index (χ3n) is 1.96. The summed E-state index contributed by atoms with van der Waals surface area (Å²) < 4.78 is 0. The molecule has 0 aromatic heterocycles. The Morgan fingerprint density at radius 2 is 2.06 bits per heavy atom. The highest BCUT2D eigenvalue weighted by atomic mass is 16.2. The van der Waals surface area contributed by atoms with Gasteiger partial charge in [0.2, 0.25) is 5.91 Å². The third kappa shape index (κ3) is 3.14. The smallest absolute Gasteiger partial charge is 0.251 e. The van der Waals surface area contributed by atoms with E-state index >= 15 is 0 Å². The van der Waals surface area contributed by atoms with E-state index in [1.165, 1.54) is 6.07 Å². The second kappa shape index (κ2) is 5.56. The van der Waals surface area contributed by atoms with Crippen molar-refractivity contribution in [1.82, 2.24) is 5.32 Å². The van der Waals surface area contributed by atoms with Crippen molar-refractivity contribution in [2.75, 3.05) is 6.54 Å². The molecular formula is C12H12N2O2. The minimum absolute atomic E-state index is 0.265. The molecule has 0 bridgehead atoms. The Hall–Kier alpha value is -2.28. The summed E-state index contributed by atoms with van der Waals surface area (Å²) in [7, 11) is 0. The number of nitrogens with one attached hydrogen (secondary N) is 1. The van der Waals surface area contributed by atoms with Gasteiger partial charge in [0.1, 0.15) is 0 Å². The molecule has 82 valence electrons. The lowest BCUT2D eigenvalue weighted by atomic mass is 10.1. The van der Waals surface area contributed by atoms with Crippen molar-refractivity contribution in [2.24, 2.45) is 5.73 Å². The molecule has 0 atom stereocenters. The molecule has 0 aliphatic rings. The van der Waals surface area contributed by atoms with E-state index in [1.807, 2.05) is 0 Å². The number of hydrogen-bond donors (Lipinski definition) is 2. The van der Waals surface area contributed by atoms with E-state index < -0.39 is 5.91 Å². The van der Waals surface area contributed by atoms with Gasteiger partial charge in [0.25, 0.3) is 5.91 Å². The van der Waals surface area contributed by atoms with E-state index in [0.29, 0.717) is 24.1 Å². The van der Waals surface area contributed by atoms with Gasteiger partial charge in [-0.1, -0.05) is 6.07 Å². The second-order valence-corrected chi connectivity index (χ2v) is 3.16. The molecule has 0 spiro atoms. The standard InChI is InChI=1S/C12H12N2O2/c1-2-3-7-14-12(16)10-6-4-5-9(8-10)11(13)15/h1,4-6,8H,3,7H2,(H2,13,15)(H,14,16). The average molecular weight is 216 g/mol. The minimum atomic E-state index is -0.557. The molecule has 0 heterocycles. The van der Waals surface area contributed by atoms with Crippen LogP contribution in [0, 0.1) is 12.3 Å². The molecule has 1 aromatic rings. The van der Waals surface area contributed by atoms with Gasteiger partial charge in [0.15, 0.2) is 0 Å². The van der Waals surface area contributed by atoms with Crippen LogP contribution in [0.5, 0.6) is 0 Å². The maximum Gasteiger partial charge on any atom is 0.251 e. The van der Waals surface area contributed by atoms with Crippen LogP contribution in [0.15, 0.2) is 24.3 Å². The summed E-state index contributed by atoms with van der Waals surface area (Å²) in [6.07, 6.45) is 5.53. The zero-order valence-corrected chi connectivity index (χ0v) is 8.69. The first-order valence-corrected chi connectivity index (χ1v) is 4.76. The molecule has 0 radical (unpaired) electrons. The Morgan fingerprint density at radius 3 is 2.69 bits per heavy atom. The maximum absolute atomic E-state index is 11.6. The molecule has 0 aliphatic heterocycles. The van der Waals surface area contributed by atoms with Crippen LogP contribution in [-0.4, -0.2) is 18.4 Å². The van der Waals surface area contributed by atoms with Crippen LogP contribution >= 0.6 is 0 Å². The largest absolute Gasteiger partial charge is 0.366 e. The first-order chi connectivity index (χ1) is 7.65. The fourth-order valence-electron chi connectivity index (χ4n) is 1.16. The average Bonchev–Trinajstić information content (AvgIpc) is 2.29. The number of carbonyl (C=O) groups is 2. The number of amides is 2. The Labute approximate surface area is 93.8 Å². The number of benzene rings is 1. The summed E-state index contributed by atoms with van der Waals surface area (Å²) in [6, 6.07) is 6.22. The summed E-state index contributed by atoms with van der Waals surface area (Å²) in [5.74, 6) is 1.59. The van der Waals surface area contributed by atoms with Crippen molar-refractivity contribution >= 4 is 11.8 Å². The number of nitrogens with two attached hydrogens (primary N) is 1. The lowest BCUT2D eigenvalue weighted by molar-refractivity contribution is 0.0954. The van der Waals surface area contributed by atoms with Gasteiger partial charge >= 0.3 is 0 Å². The third-order valence-corrected chi connectivity index (χ3v) is 1.96. The van der Waals surface area contributed by atoms with Crippen molar-refractivity contribution in [3.05, 3.63) is 35.4 Å². The summed E-state index contributed by atoms with van der Waals surface area (Å²) >= 11 is 0. The van der Waals surface area contributed by atoms with Crippen molar-refractivity contribution in [2.45, 2.75) is 6.42 Å². The lowest BCUT2D eigenvalue weighted by Gasteiger charge is -2.03. The van der Waals surface area contributed by atoms with Crippen molar-refractivity contribution in [3.8, 4) is 12.3 Å². The molecule has 0 fully saturated rings. The van der Waals surface area contributed by atoms with Gasteiger partial charge in [0.05, 0.1) is 0 Å². The van der Waals surface area contributed by atoms with Crippen molar-refractivity contribution in [1.29, 1.82) is 0 Å². The first kappa shape index (κ1) is 11.8. The van der Waals surface area contributed by atoms with Crippen LogP contribution in [0.4, 0.5) is 0 Å². The van der Waals surface area contributed by atoms with E-state index in [1.54, 1.807) is 18.2 Å². The molecule has 3 N–H and O–H groups in total. The summed E-state index contributed by atoms with van der Waals surface area (Å²) in [5.41, 5.74) is 5.81. The zero-order chi connectivity index (χ0) is 12.0. The van der Waals surface area contributed by atoms with Gasteiger partial charge in [-0.15, -0.1) is 12.3 Å². The number of rotatable bonds is 4. The highest BCUT2D eigenvalue weighted by Crippen LogP contribution is 2.04. The summed E-state index contributed by atoms with van der Waals surface area (Å²) in [4.78, 5) is 22.5. The second-order valence-electron chi connectivity index (χ2n) is 3.16. The number of hydrogen-bond acceptors (Lipinski definition) is 2. The van der Waals surface area contributed by atoms with Crippen LogP contribution in [0.1, 0.15) is 27.1 Å². The van der Waals surface area contributed by atoms with Gasteiger partial charge in [-0.25, -0.2) is 0 Å². The van der Waals surface area contributed by atoms with E-state index in [0.717, 1.165) is 0 Å². The molecule has 4 heteroatoms. The molecule has 0 saturated carbocycles. The molecule has 1 rings (SSSR count). The number of primary amides is 1. The Bertz CT molecular complexity index is 447. The maximum atomic E-state index is 11.6. The van der Waals surface area contributed by atoms with Gasteiger partial charge in [-0.2, -0.15) is 0 Å². The SMILES string of the molecule is C#CCCNC(=O)c1cccc(C(N)=O)c1. The monoisotopic (exact) mass is 216 g/mol. The molecule has 0 unspecified atom stereocenters. The highest BCUT2D eigenvalue weighted by molar-refractivity contribution is 5.99. The van der Waals surface area contributed by atoms with Crippen LogP contribution < -0.4 is 11.1 Å². The predicted molar refractivity (Wildman–Crippen MR) is 60.7 cm³/mol. The molecule has 0 aliphatic carbocycles. The summed E-state index contributed by atoms with van der Waals surface area (Å²) in [5, 5.41) is 2.63. The van der Waals surface area contributed by atoms with E-state index in [2.05, 4.69) is 11.2 Å². The zero-order valence-electron chi connectivity index (χ0n) is 8.69. The molecule has 2 amide bonds.